The molecule has 1 unspecified atom stereocenters. The summed E-state index contributed by atoms with van der Waals surface area (Å²) in [6, 6.07) is 2.24. The minimum absolute atomic E-state index is 0.0575. The fourth-order valence-electron chi connectivity index (χ4n) is 2.66. The molecule has 1 atom stereocenters. The van der Waals surface area contributed by atoms with Crippen LogP contribution in [0.25, 0.3) is 0 Å². The molecule has 3 nitrogen and oxygen atoms in total. The molecule has 0 aliphatic carbocycles. The lowest BCUT2D eigenvalue weighted by molar-refractivity contribution is 0.0706. The van der Waals surface area contributed by atoms with E-state index in [1.165, 1.54) is 11.3 Å². The molecule has 1 aromatic rings. The Morgan fingerprint density at radius 1 is 1.60 bits per heavy atom. The summed E-state index contributed by atoms with van der Waals surface area (Å²) in [6.45, 7) is 5.25. The molecule has 20 heavy (non-hydrogen) atoms. The van der Waals surface area contributed by atoms with Crippen LogP contribution in [0.4, 0.5) is 0 Å². The summed E-state index contributed by atoms with van der Waals surface area (Å²) in [5, 5.41) is 10.7. The number of hydrogen-bond acceptors (Lipinski definition) is 3. The van der Waals surface area contributed by atoms with Crippen LogP contribution in [0.1, 0.15) is 48.3 Å². The smallest absolute Gasteiger partial charge is 0.265 e. The quantitative estimate of drug-likeness (QED) is 0.870. The van der Waals surface area contributed by atoms with Gasteiger partial charge in [0.25, 0.3) is 5.91 Å². The number of nitrogens with zero attached hydrogens (tertiary/aromatic N) is 1. The third-order valence-corrected chi connectivity index (χ3v) is 4.55. The van der Waals surface area contributed by atoms with Crippen LogP contribution < -0.4 is 0 Å². The van der Waals surface area contributed by atoms with Crippen LogP contribution in [0.3, 0.4) is 0 Å². The largest absolute Gasteiger partial charge is 0.395 e. The molecule has 1 aliphatic heterocycles. The molecule has 1 amide bonds. The molecule has 1 N–H and O–H groups in total. The summed E-state index contributed by atoms with van der Waals surface area (Å²) >= 11 is 1.46. The van der Waals surface area contributed by atoms with Gasteiger partial charge < -0.3 is 10.0 Å². The number of carbonyl (C=O) groups excluding carboxylic acids is 1. The highest BCUT2D eigenvalue weighted by Crippen LogP contribution is 2.28. The van der Waals surface area contributed by atoms with E-state index in [-0.39, 0.29) is 12.5 Å². The number of amides is 1. The molecule has 1 saturated heterocycles. The van der Waals surface area contributed by atoms with Gasteiger partial charge in [-0.15, -0.1) is 11.3 Å². The fraction of sp³-hybridized carbons (Fsp3) is 0.562. The maximum Gasteiger partial charge on any atom is 0.265 e. The van der Waals surface area contributed by atoms with Crippen molar-refractivity contribution in [1.82, 2.24) is 4.90 Å². The van der Waals surface area contributed by atoms with Gasteiger partial charge in [-0.3, -0.25) is 4.79 Å². The van der Waals surface area contributed by atoms with Crippen LogP contribution in [0, 0.1) is 17.8 Å². The highest BCUT2D eigenvalue weighted by Gasteiger charge is 2.32. The first-order chi connectivity index (χ1) is 9.65. The highest BCUT2D eigenvalue weighted by molar-refractivity contribution is 7.12. The minimum Gasteiger partial charge on any atom is -0.395 e. The molecule has 2 rings (SSSR count). The molecule has 0 spiro atoms. The maximum atomic E-state index is 12.7. The first-order valence-corrected chi connectivity index (χ1v) is 8.01. The van der Waals surface area contributed by atoms with Gasteiger partial charge in [0.2, 0.25) is 0 Å². The second-order valence-corrected chi connectivity index (χ2v) is 6.31. The van der Waals surface area contributed by atoms with E-state index in [1.54, 1.807) is 0 Å². The average Bonchev–Trinajstić information content (AvgIpc) is 3.07. The Hall–Kier alpha value is -1.31. The molecule has 1 aromatic heterocycles. The molecular formula is C16H21NO2S. The third kappa shape index (κ3) is 3.23. The molecule has 0 radical (unpaired) electrons. The van der Waals surface area contributed by atoms with E-state index in [0.717, 1.165) is 29.8 Å². The summed E-state index contributed by atoms with van der Waals surface area (Å²) in [6.07, 6.45) is 2.63. The molecule has 1 aliphatic rings. The predicted octanol–water partition coefficient (Wildman–Crippen LogP) is 2.74. The van der Waals surface area contributed by atoms with Gasteiger partial charge in [-0.1, -0.05) is 25.7 Å². The van der Waals surface area contributed by atoms with Gasteiger partial charge in [-0.25, -0.2) is 0 Å². The maximum absolute atomic E-state index is 12.7. The summed E-state index contributed by atoms with van der Waals surface area (Å²) in [4.78, 5) is 15.4. The minimum atomic E-state index is 0.0575. The van der Waals surface area contributed by atoms with Crippen molar-refractivity contribution in [2.45, 2.75) is 39.2 Å². The van der Waals surface area contributed by atoms with Gasteiger partial charge in [-0.05, 0) is 30.2 Å². The first kappa shape index (κ1) is 15.1. The Labute approximate surface area is 124 Å². The van der Waals surface area contributed by atoms with E-state index >= 15 is 0 Å². The predicted molar refractivity (Wildman–Crippen MR) is 81.8 cm³/mol. The number of thiophene rings is 1. The Kier molecular flexibility index (Phi) is 5.22. The third-order valence-electron chi connectivity index (χ3n) is 3.65. The van der Waals surface area contributed by atoms with E-state index in [1.807, 2.05) is 16.3 Å². The van der Waals surface area contributed by atoms with Crippen molar-refractivity contribution in [1.29, 1.82) is 0 Å². The SMILES string of the molecule is CC(C)C1CCCN1C(=O)c1sccc1C#CCCO. The Balaban J connectivity index is 2.18. The van der Waals surface area contributed by atoms with Crippen LogP contribution in [0.15, 0.2) is 11.4 Å². The number of hydrogen-bond donors (Lipinski definition) is 1. The molecule has 0 bridgehead atoms. The molecule has 2 heterocycles. The van der Waals surface area contributed by atoms with Gasteiger partial charge in [-0.2, -0.15) is 0 Å². The van der Waals surface area contributed by atoms with Crippen LogP contribution in [-0.4, -0.2) is 35.1 Å². The van der Waals surface area contributed by atoms with Crippen molar-refractivity contribution in [2.75, 3.05) is 13.2 Å². The van der Waals surface area contributed by atoms with Gasteiger partial charge in [0.1, 0.15) is 4.88 Å². The van der Waals surface area contributed by atoms with Gasteiger partial charge in [0.15, 0.2) is 0 Å². The van der Waals surface area contributed by atoms with Crippen LogP contribution >= 0.6 is 11.3 Å². The van der Waals surface area contributed by atoms with Crippen molar-refractivity contribution >= 4 is 17.2 Å². The molecule has 1 fully saturated rings. The lowest BCUT2D eigenvalue weighted by Gasteiger charge is -2.27. The van der Waals surface area contributed by atoms with Crippen LogP contribution in [-0.2, 0) is 0 Å². The molecule has 0 saturated carbocycles. The van der Waals surface area contributed by atoms with E-state index in [4.69, 9.17) is 5.11 Å². The second-order valence-electron chi connectivity index (χ2n) is 5.39. The van der Waals surface area contributed by atoms with Crippen molar-refractivity contribution in [2.24, 2.45) is 5.92 Å². The highest BCUT2D eigenvalue weighted by atomic mass is 32.1. The zero-order chi connectivity index (χ0) is 14.5. The van der Waals surface area contributed by atoms with Crippen molar-refractivity contribution in [3.63, 3.8) is 0 Å². The van der Waals surface area contributed by atoms with Crippen molar-refractivity contribution in [3.8, 4) is 11.8 Å². The number of aliphatic hydroxyl groups excluding tert-OH is 1. The number of rotatable bonds is 3. The summed E-state index contributed by atoms with van der Waals surface area (Å²) in [5.41, 5.74) is 0.794. The average molecular weight is 291 g/mol. The van der Waals surface area contributed by atoms with E-state index < -0.39 is 0 Å². The van der Waals surface area contributed by atoms with Crippen LogP contribution in [0.5, 0.6) is 0 Å². The van der Waals surface area contributed by atoms with E-state index in [0.29, 0.717) is 18.4 Å². The Bertz CT molecular complexity index is 524. The normalized spacial score (nSPS) is 18.2. The number of carbonyl (C=O) groups is 1. The topological polar surface area (TPSA) is 40.5 Å². The fourth-order valence-corrected chi connectivity index (χ4v) is 3.46. The van der Waals surface area contributed by atoms with Gasteiger partial charge in [0, 0.05) is 24.6 Å². The number of likely N-dealkylation sites (tertiary alicyclic amines) is 1. The zero-order valence-corrected chi connectivity index (χ0v) is 12.9. The lowest BCUT2D eigenvalue weighted by Crippen LogP contribution is -2.38. The van der Waals surface area contributed by atoms with E-state index in [2.05, 4.69) is 25.7 Å². The van der Waals surface area contributed by atoms with E-state index in [9.17, 15) is 4.79 Å². The monoisotopic (exact) mass is 291 g/mol. The zero-order valence-electron chi connectivity index (χ0n) is 12.1. The van der Waals surface area contributed by atoms with Crippen molar-refractivity contribution in [3.05, 3.63) is 21.9 Å². The molecule has 0 aromatic carbocycles. The summed E-state index contributed by atoms with van der Waals surface area (Å²) in [5.74, 6) is 6.50. The summed E-state index contributed by atoms with van der Waals surface area (Å²) < 4.78 is 0. The van der Waals surface area contributed by atoms with Gasteiger partial charge in [0.05, 0.1) is 6.61 Å². The second kappa shape index (κ2) is 6.92. The Morgan fingerprint density at radius 3 is 3.10 bits per heavy atom. The van der Waals surface area contributed by atoms with Gasteiger partial charge >= 0.3 is 0 Å². The molecule has 108 valence electrons. The standard InChI is InChI=1S/C16H21NO2S/c1-12(2)14-7-5-9-17(14)16(19)15-13(8-11-20-15)6-3-4-10-18/h8,11-12,14,18H,4-5,7,9-10H2,1-2H3. The lowest BCUT2D eigenvalue weighted by atomic mass is 10.0. The summed E-state index contributed by atoms with van der Waals surface area (Å²) in [7, 11) is 0. The first-order valence-electron chi connectivity index (χ1n) is 7.13. The molecular weight excluding hydrogens is 270 g/mol. The van der Waals surface area contributed by atoms with Crippen molar-refractivity contribution < 1.29 is 9.90 Å². The Morgan fingerprint density at radius 2 is 2.40 bits per heavy atom. The molecule has 4 heteroatoms. The number of aliphatic hydroxyl groups is 1. The van der Waals surface area contributed by atoms with Crippen LogP contribution in [0.2, 0.25) is 0 Å².